The molecular formula is C24H20F3N3O3. The number of ether oxygens (including phenoxy) is 1. The summed E-state index contributed by atoms with van der Waals surface area (Å²) in [6, 6.07) is 13.2. The number of alkyl halides is 3. The minimum Gasteiger partial charge on any atom is -0.480 e. The molecule has 1 N–H and O–H groups in total. The molecule has 33 heavy (non-hydrogen) atoms. The number of benzene rings is 2. The van der Waals surface area contributed by atoms with Crippen molar-refractivity contribution in [2.75, 3.05) is 23.9 Å². The Balaban J connectivity index is 1.66. The fraction of sp³-hybridized carbons (Fsp3) is 0.208. The lowest BCUT2D eigenvalue weighted by Gasteiger charge is -2.24. The van der Waals surface area contributed by atoms with Crippen LogP contribution < -0.4 is 15.0 Å². The molecule has 0 aliphatic carbocycles. The van der Waals surface area contributed by atoms with Gasteiger partial charge in [0.25, 0.3) is 0 Å². The van der Waals surface area contributed by atoms with Crippen molar-refractivity contribution in [3.05, 3.63) is 71.4 Å². The van der Waals surface area contributed by atoms with E-state index in [2.05, 4.69) is 10.3 Å². The smallest absolute Gasteiger partial charge is 0.416 e. The molecule has 0 saturated heterocycles. The maximum absolute atomic E-state index is 13.2. The lowest BCUT2D eigenvalue weighted by molar-refractivity contribution is -0.137. The molecule has 4 rings (SSSR count). The molecule has 3 aromatic rings. The van der Waals surface area contributed by atoms with Crippen LogP contribution in [0.3, 0.4) is 0 Å². The molecule has 0 saturated carbocycles. The van der Waals surface area contributed by atoms with Gasteiger partial charge >= 0.3 is 6.18 Å². The molecule has 1 aliphatic rings. The van der Waals surface area contributed by atoms with Gasteiger partial charge < -0.3 is 15.0 Å². The molecule has 0 radical (unpaired) electrons. The van der Waals surface area contributed by atoms with Gasteiger partial charge in [0.05, 0.1) is 30.3 Å². The number of halogens is 3. The summed E-state index contributed by atoms with van der Waals surface area (Å²) in [5.41, 5.74) is 2.64. The number of amides is 2. The number of aryl methyl sites for hydroxylation is 1. The largest absolute Gasteiger partial charge is 0.480 e. The van der Waals surface area contributed by atoms with Crippen molar-refractivity contribution in [3.8, 4) is 17.0 Å². The number of fused-ring (bicyclic) bond motifs is 3. The number of nitrogens with one attached hydrogen (secondary N) is 1. The molecular weight excluding hydrogens is 435 g/mol. The van der Waals surface area contributed by atoms with Crippen molar-refractivity contribution >= 4 is 23.2 Å². The van der Waals surface area contributed by atoms with E-state index in [-0.39, 0.29) is 24.6 Å². The van der Waals surface area contributed by atoms with Crippen molar-refractivity contribution < 1.29 is 27.5 Å². The van der Waals surface area contributed by atoms with Gasteiger partial charge in [-0.05, 0) is 48.4 Å². The first-order valence-electron chi connectivity index (χ1n) is 10.1. The zero-order valence-electron chi connectivity index (χ0n) is 17.9. The number of methoxy groups -OCH3 is 1. The Morgan fingerprint density at radius 2 is 1.85 bits per heavy atom. The van der Waals surface area contributed by atoms with Crippen LogP contribution in [0.5, 0.6) is 5.88 Å². The van der Waals surface area contributed by atoms with Gasteiger partial charge in [-0.2, -0.15) is 13.2 Å². The lowest BCUT2D eigenvalue weighted by Crippen LogP contribution is -2.38. The van der Waals surface area contributed by atoms with Crippen LogP contribution >= 0.6 is 0 Å². The Labute approximate surface area is 188 Å². The number of aromatic nitrogens is 1. The molecule has 1 aliphatic heterocycles. The number of rotatable bonds is 4. The van der Waals surface area contributed by atoms with Crippen molar-refractivity contribution in [3.63, 3.8) is 0 Å². The summed E-state index contributed by atoms with van der Waals surface area (Å²) in [6.45, 7) is 1.43. The average Bonchev–Trinajstić information content (AvgIpc) is 2.87. The third-order valence-electron chi connectivity index (χ3n) is 5.30. The summed E-state index contributed by atoms with van der Waals surface area (Å²) < 4.78 is 43.8. The minimum absolute atomic E-state index is 0.0701. The maximum Gasteiger partial charge on any atom is 0.416 e. The molecule has 9 heteroatoms. The molecule has 2 amide bonds. The van der Waals surface area contributed by atoms with Gasteiger partial charge in [-0.15, -0.1) is 0 Å². The van der Waals surface area contributed by atoms with Crippen LogP contribution in [-0.2, 0) is 22.2 Å². The zero-order valence-corrected chi connectivity index (χ0v) is 17.9. The first kappa shape index (κ1) is 22.3. The van der Waals surface area contributed by atoms with Gasteiger partial charge in [-0.1, -0.05) is 24.3 Å². The number of nitrogens with zero attached hydrogens (tertiary/aromatic N) is 2. The first-order chi connectivity index (χ1) is 15.7. The highest BCUT2D eigenvalue weighted by Gasteiger charge is 2.31. The van der Waals surface area contributed by atoms with Crippen LogP contribution in [-0.4, -0.2) is 30.5 Å². The van der Waals surface area contributed by atoms with E-state index in [4.69, 9.17) is 4.74 Å². The van der Waals surface area contributed by atoms with Crippen LogP contribution in [0, 0.1) is 6.92 Å². The molecule has 6 nitrogen and oxygen atoms in total. The van der Waals surface area contributed by atoms with Crippen molar-refractivity contribution in [2.24, 2.45) is 0 Å². The Morgan fingerprint density at radius 1 is 1.15 bits per heavy atom. The summed E-state index contributed by atoms with van der Waals surface area (Å²) >= 11 is 0. The van der Waals surface area contributed by atoms with Crippen molar-refractivity contribution in [2.45, 2.75) is 19.5 Å². The van der Waals surface area contributed by atoms with Crippen LogP contribution in [0.4, 0.5) is 24.5 Å². The second-order valence-electron chi connectivity index (χ2n) is 7.60. The van der Waals surface area contributed by atoms with E-state index in [9.17, 15) is 22.8 Å². The summed E-state index contributed by atoms with van der Waals surface area (Å²) in [5.74, 6) is -0.509. The van der Waals surface area contributed by atoms with Crippen LogP contribution in [0.2, 0.25) is 0 Å². The summed E-state index contributed by atoms with van der Waals surface area (Å²) in [6.07, 6.45) is -4.40. The normalized spacial score (nSPS) is 13.1. The number of pyridine rings is 1. The third kappa shape index (κ3) is 4.52. The van der Waals surface area contributed by atoms with Gasteiger partial charge in [-0.3, -0.25) is 9.59 Å². The zero-order chi connectivity index (χ0) is 23.8. The number of hydrogen-bond donors (Lipinski definition) is 1. The topological polar surface area (TPSA) is 71.5 Å². The van der Waals surface area contributed by atoms with Gasteiger partial charge in [0.2, 0.25) is 17.7 Å². The average molecular weight is 455 g/mol. The molecule has 0 atom stereocenters. The molecule has 170 valence electrons. The van der Waals surface area contributed by atoms with E-state index >= 15 is 0 Å². The predicted octanol–water partition coefficient (Wildman–Crippen LogP) is 4.61. The van der Waals surface area contributed by atoms with E-state index in [0.717, 1.165) is 23.3 Å². The highest BCUT2D eigenvalue weighted by atomic mass is 19.4. The van der Waals surface area contributed by atoms with Crippen LogP contribution in [0.15, 0.2) is 54.6 Å². The number of hydrogen-bond acceptors (Lipinski definition) is 4. The fourth-order valence-corrected chi connectivity index (χ4v) is 3.81. The van der Waals surface area contributed by atoms with Crippen molar-refractivity contribution in [1.29, 1.82) is 0 Å². The number of anilines is 2. The van der Waals surface area contributed by atoms with Crippen LogP contribution in [0.25, 0.3) is 11.1 Å². The van der Waals surface area contributed by atoms with Gasteiger partial charge in [0.15, 0.2) is 0 Å². The Kier molecular flexibility index (Phi) is 5.80. The second kappa shape index (κ2) is 8.57. The van der Waals surface area contributed by atoms with E-state index in [1.165, 1.54) is 24.1 Å². The van der Waals surface area contributed by atoms with Crippen molar-refractivity contribution in [1.82, 2.24) is 4.98 Å². The quantitative estimate of drug-likeness (QED) is 0.624. The summed E-state index contributed by atoms with van der Waals surface area (Å²) in [7, 11) is 1.49. The number of carbonyl (C=O) groups is 2. The second-order valence-corrected chi connectivity index (χ2v) is 7.60. The molecule has 2 heterocycles. The van der Waals surface area contributed by atoms with E-state index < -0.39 is 17.6 Å². The van der Waals surface area contributed by atoms with Gasteiger partial charge in [-0.25, -0.2) is 4.98 Å². The Hall–Kier alpha value is -3.88. The highest BCUT2D eigenvalue weighted by Crippen LogP contribution is 2.42. The maximum atomic E-state index is 13.2. The summed E-state index contributed by atoms with van der Waals surface area (Å²) in [4.78, 5) is 31.7. The molecule has 0 unspecified atom stereocenters. The predicted molar refractivity (Wildman–Crippen MR) is 117 cm³/mol. The van der Waals surface area contributed by atoms with E-state index in [0.29, 0.717) is 22.8 Å². The lowest BCUT2D eigenvalue weighted by atomic mass is 9.98. The monoisotopic (exact) mass is 455 g/mol. The molecule has 1 aromatic heterocycles. The third-order valence-corrected chi connectivity index (χ3v) is 5.30. The number of carbonyl (C=O) groups excluding carboxylic acids is 2. The molecule has 0 bridgehead atoms. The summed E-state index contributed by atoms with van der Waals surface area (Å²) in [5, 5.41) is 2.56. The van der Waals surface area contributed by atoms with Crippen LogP contribution in [0.1, 0.15) is 16.8 Å². The molecule has 0 spiro atoms. The van der Waals surface area contributed by atoms with Gasteiger partial charge in [0, 0.05) is 11.4 Å². The fourth-order valence-electron chi connectivity index (χ4n) is 3.81. The highest BCUT2D eigenvalue weighted by molar-refractivity contribution is 6.08. The Bertz CT molecular complexity index is 1220. The Morgan fingerprint density at radius 3 is 2.52 bits per heavy atom. The van der Waals surface area contributed by atoms with E-state index in [1.807, 2.05) is 24.3 Å². The standard InChI is InChI=1S/C24H20F3N3O3/c1-14-11-19-22(23(28-14)33-2)18-6-4-3-5-15(18)12-21(32)30(19)13-20(31)29-17-9-7-16(8-10-17)24(25,26)27/h3-11H,12-13H2,1-2H3,(H,29,31). The first-order valence-corrected chi connectivity index (χ1v) is 10.1. The molecule has 0 fully saturated rings. The van der Waals surface area contributed by atoms with E-state index in [1.54, 1.807) is 13.0 Å². The minimum atomic E-state index is -4.47. The molecule has 2 aromatic carbocycles. The van der Waals surface area contributed by atoms with Gasteiger partial charge in [0.1, 0.15) is 6.54 Å². The SMILES string of the molecule is COc1nc(C)cc2c1-c1ccccc1CC(=O)N2CC(=O)Nc1ccc(C(F)(F)F)cc1.